The van der Waals surface area contributed by atoms with Crippen LogP contribution in [-0.4, -0.2) is 9.97 Å². The molecule has 4 nitrogen and oxygen atoms in total. The Morgan fingerprint density at radius 1 is 0.458 bits per heavy atom. The third-order valence-electron chi connectivity index (χ3n) is 9.14. The van der Waals surface area contributed by atoms with Crippen LogP contribution in [0.25, 0.3) is 44.5 Å². The second-order valence-corrected chi connectivity index (χ2v) is 16.6. The second-order valence-electron chi connectivity index (χ2n) is 12.3. The van der Waals surface area contributed by atoms with Crippen LogP contribution in [0.1, 0.15) is 11.1 Å². The van der Waals surface area contributed by atoms with E-state index < -0.39 is 6.04 Å². The molecular formula is C42H29N2O2PS. The maximum absolute atomic E-state index is 7.18. The largest absolute Gasteiger partial charge is 0.454 e. The van der Waals surface area contributed by atoms with Gasteiger partial charge in [-0.1, -0.05) is 96.7 Å². The van der Waals surface area contributed by atoms with Crippen molar-refractivity contribution < 1.29 is 9.47 Å². The molecule has 48 heavy (non-hydrogen) atoms. The lowest BCUT2D eigenvalue weighted by Crippen LogP contribution is -2.36. The highest BCUT2D eigenvalue weighted by Gasteiger charge is 2.46. The van der Waals surface area contributed by atoms with Gasteiger partial charge in [0.2, 0.25) is 0 Å². The molecule has 0 aliphatic carbocycles. The fraction of sp³-hybridized carbons (Fsp3) is 0.0476. The predicted molar refractivity (Wildman–Crippen MR) is 199 cm³/mol. The summed E-state index contributed by atoms with van der Waals surface area (Å²) in [5.74, 6) is 3.07. The summed E-state index contributed by atoms with van der Waals surface area (Å²) in [5.41, 5.74) is 10.1. The van der Waals surface area contributed by atoms with Gasteiger partial charge < -0.3 is 9.47 Å². The van der Waals surface area contributed by atoms with Crippen molar-refractivity contribution in [3.63, 3.8) is 0 Å². The highest BCUT2D eigenvalue weighted by atomic mass is 32.4. The molecule has 0 bridgehead atoms. The summed E-state index contributed by atoms with van der Waals surface area (Å²) in [5, 5.41) is 2.98. The third-order valence-corrected chi connectivity index (χ3v) is 14.0. The topological polar surface area (TPSA) is 44.2 Å². The Hall–Kier alpha value is -5.35. The van der Waals surface area contributed by atoms with Crippen LogP contribution in [0, 0.1) is 13.8 Å². The van der Waals surface area contributed by atoms with Gasteiger partial charge in [0.25, 0.3) is 0 Å². The predicted octanol–water partition coefficient (Wildman–Crippen LogP) is 9.73. The Morgan fingerprint density at radius 3 is 1.35 bits per heavy atom. The van der Waals surface area contributed by atoms with Crippen LogP contribution in [0.2, 0.25) is 0 Å². The molecule has 9 rings (SSSR count). The third kappa shape index (κ3) is 4.39. The molecule has 2 aliphatic heterocycles. The molecule has 2 aromatic heterocycles. The van der Waals surface area contributed by atoms with E-state index in [1.165, 1.54) is 0 Å². The van der Waals surface area contributed by atoms with Crippen LogP contribution >= 0.6 is 6.04 Å². The molecule has 0 unspecified atom stereocenters. The van der Waals surface area contributed by atoms with Gasteiger partial charge in [0.05, 0.1) is 11.3 Å². The first-order valence-electron chi connectivity index (χ1n) is 15.9. The molecule has 0 N–H and O–H groups in total. The molecule has 0 fully saturated rings. The highest BCUT2D eigenvalue weighted by molar-refractivity contribution is 8.26. The summed E-state index contributed by atoms with van der Waals surface area (Å²) in [4.78, 5) is 9.19. The number of nitrogens with zero attached hydrogens (tertiary/aromatic N) is 2. The lowest BCUT2D eigenvalue weighted by Gasteiger charge is -2.40. The normalized spacial score (nSPS) is 13.4. The Bertz CT molecular complexity index is 2300. The van der Waals surface area contributed by atoms with Crippen LogP contribution in [0.4, 0.5) is 0 Å². The first-order chi connectivity index (χ1) is 23.5. The summed E-state index contributed by atoms with van der Waals surface area (Å²) >= 11 is 7.17. The van der Waals surface area contributed by atoms with E-state index in [4.69, 9.17) is 21.3 Å². The SMILES string of the molecule is Cc1cncc(-c2cc(-c3cncc(C)c3)c3c4c2Oc2c(-c5ccccc5)cccc2P4(=S)c2cccc(-c4ccccc4)c2O3)c1. The zero-order chi connectivity index (χ0) is 32.4. The van der Waals surface area contributed by atoms with E-state index in [1.54, 1.807) is 0 Å². The molecule has 7 aromatic rings. The van der Waals surface area contributed by atoms with Crippen molar-refractivity contribution in [1.82, 2.24) is 9.97 Å². The molecule has 6 heteroatoms. The summed E-state index contributed by atoms with van der Waals surface area (Å²) in [7, 11) is 0. The minimum Gasteiger partial charge on any atom is -0.454 e. The molecular weight excluding hydrogens is 628 g/mol. The molecule has 230 valence electrons. The fourth-order valence-corrected chi connectivity index (χ4v) is 11.5. The Kier molecular flexibility index (Phi) is 6.68. The minimum absolute atomic E-state index is 0.733. The summed E-state index contributed by atoms with van der Waals surface area (Å²) in [6.07, 6.45) is 7.55. The Morgan fingerprint density at radius 2 is 0.917 bits per heavy atom. The number of hydrogen-bond donors (Lipinski definition) is 0. The molecule has 0 spiro atoms. The Labute approximate surface area is 284 Å². The number of pyridine rings is 2. The van der Waals surface area contributed by atoms with E-state index in [0.717, 1.165) is 94.5 Å². The van der Waals surface area contributed by atoms with Crippen LogP contribution in [0.3, 0.4) is 0 Å². The van der Waals surface area contributed by atoms with Crippen molar-refractivity contribution in [1.29, 1.82) is 0 Å². The minimum atomic E-state index is -2.79. The van der Waals surface area contributed by atoms with E-state index in [2.05, 4.69) is 127 Å². The van der Waals surface area contributed by atoms with Crippen LogP contribution in [-0.2, 0) is 11.8 Å². The lowest BCUT2D eigenvalue weighted by atomic mass is 9.96. The maximum Gasteiger partial charge on any atom is 0.148 e. The highest BCUT2D eigenvalue weighted by Crippen LogP contribution is 2.63. The van der Waals surface area contributed by atoms with Gasteiger partial charge in [-0.2, -0.15) is 0 Å². The standard InChI is InChI=1S/C42H29N2O2PS/c1-26-19-30(24-43-22-26)34-21-35(31-20-27(2)23-44-25-31)41-42-40(34)45-38-32(28-11-5-3-6-12-28)15-9-17-36(38)47(42,48)37-18-10-16-33(39(37)46-41)29-13-7-4-8-14-29/h3-25H,1-2H3. The maximum atomic E-state index is 7.18. The van der Waals surface area contributed by atoms with Crippen LogP contribution < -0.4 is 25.4 Å². The summed E-state index contributed by atoms with van der Waals surface area (Å²) in [6.45, 7) is 4.12. The second kappa shape index (κ2) is 11.1. The van der Waals surface area contributed by atoms with Gasteiger partial charge in [-0.15, -0.1) is 0 Å². The van der Waals surface area contributed by atoms with Crippen molar-refractivity contribution in [2.45, 2.75) is 13.8 Å². The van der Waals surface area contributed by atoms with Crippen molar-refractivity contribution >= 4 is 33.8 Å². The van der Waals surface area contributed by atoms with E-state index in [1.807, 2.05) is 36.9 Å². The van der Waals surface area contributed by atoms with E-state index in [9.17, 15) is 0 Å². The molecule has 4 heterocycles. The van der Waals surface area contributed by atoms with Gasteiger partial charge in [0.1, 0.15) is 23.0 Å². The fourth-order valence-electron chi connectivity index (χ4n) is 6.98. The number of para-hydroxylation sites is 2. The Balaban J connectivity index is 1.44. The molecule has 2 aliphatic rings. The number of rotatable bonds is 4. The average Bonchev–Trinajstić information content (AvgIpc) is 3.12. The van der Waals surface area contributed by atoms with Crippen LogP contribution in [0.15, 0.2) is 140 Å². The number of aryl methyl sites for hydroxylation is 2. The first kappa shape index (κ1) is 28.8. The number of fused-ring (bicyclic) bond motifs is 4. The smallest absolute Gasteiger partial charge is 0.148 e. The molecule has 0 atom stereocenters. The van der Waals surface area contributed by atoms with Crippen molar-refractivity contribution in [2.75, 3.05) is 0 Å². The summed E-state index contributed by atoms with van der Waals surface area (Å²) in [6, 6.07) is 37.3. The average molecular weight is 657 g/mol. The van der Waals surface area contributed by atoms with Crippen molar-refractivity contribution in [3.8, 4) is 67.5 Å². The molecule has 0 saturated carbocycles. The van der Waals surface area contributed by atoms with Gasteiger partial charge in [-0.3, -0.25) is 9.97 Å². The zero-order valence-corrected chi connectivity index (χ0v) is 28.1. The van der Waals surface area contributed by atoms with E-state index >= 15 is 0 Å². The van der Waals surface area contributed by atoms with E-state index in [0.29, 0.717) is 0 Å². The molecule has 0 amide bonds. The molecule has 0 radical (unpaired) electrons. The van der Waals surface area contributed by atoms with Gasteiger partial charge in [-0.25, -0.2) is 0 Å². The van der Waals surface area contributed by atoms with Crippen molar-refractivity contribution in [3.05, 3.63) is 151 Å². The monoisotopic (exact) mass is 656 g/mol. The quantitative estimate of drug-likeness (QED) is 0.177. The van der Waals surface area contributed by atoms with Crippen LogP contribution in [0.5, 0.6) is 23.0 Å². The van der Waals surface area contributed by atoms with Gasteiger partial charge in [0.15, 0.2) is 0 Å². The summed E-state index contributed by atoms with van der Waals surface area (Å²) < 4.78 is 14.4. The lowest BCUT2D eigenvalue weighted by molar-refractivity contribution is 0.470. The molecule has 0 saturated heterocycles. The number of ether oxygens (including phenoxy) is 2. The van der Waals surface area contributed by atoms with E-state index in [-0.39, 0.29) is 0 Å². The van der Waals surface area contributed by atoms with Crippen molar-refractivity contribution in [2.24, 2.45) is 0 Å². The number of benzene rings is 5. The number of hydrogen-bond acceptors (Lipinski definition) is 5. The molecule has 5 aromatic carbocycles. The van der Waals surface area contributed by atoms with Gasteiger partial charge in [0, 0.05) is 68.8 Å². The number of aromatic nitrogens is 2. The first-order valence-corrected chi connectivity index (χ1v) is 18.7. The van der Waals surface area contributed by atoms with Gasteiger partial charge >= 0.3 is 0 Å². The van der Waals surface area contributed by atoms with Gasteiger partial charge in [-0.05, 0) is 66.4 Å². The zero-order valence-electron chi connectivity index (χ0n) is 26.3.